The lowest BCUT2D eigenvalue weighted by molar-refractivity contribution is -0.358. The van der Waals surface area contributed by atoms with Crippen LogP contribution in [0.25, 0.3) is 0 Å². The van der Waals surface area contributed by atoms with Gasteiger partial charge in [0.05, 0.1) is 13.2 Å². The Hall–Kier alpha value is -0.540. The molecule has 4 fully saturated rings. The van der Waals surface area contributed by atoms with Crippen LogP contribution in [0, 0.1) is 35.5 Å². The molecule has 5 atom stereocenters. The Balaban J connectivity index is 1.24. The van der Waals surface area contributed by atoms with Crippen LogP contribution in [0.2, 0.25) is 0 Å². The zero-order valence-electron chi connectivity index (χ0n) is 19.1. The Morgan fingerprint density at radius 2 is 1.18 bits per heavy atom. The van der Waals surface area contributed by atoms with E-state index in [9.17, 15) is 22.0 Å². The van der Waals surface area contributed by atoms with Crippen molar-refractivity contribution in [3.63, 3.8) is 0 Å². The Kier molecular flexibility index (Phi) is 8.21. The fourth-order valence-electron chi connectivity index (χ4n) is 6.72. The van der Waals surface area contributed by atoms with Crippen molar-refractivity contribution in [2.45, 2.75) is 102 Å². The van der Waals surface area contributed by atoms with Crippen LogP contribution in [0.3, 0.4) is 0 Å². The monoisotopic (exact) mass is 486 g/mol. The van der Waals surface area contributed by atoms with E-state index in [0.29, 0.717) is 30.6 Å². The van der Waals surface area contributed by atoms with Crippen LogP contribution in [-0.2, 0) is 14.2 Å². The Bertz CT molecular complexity index is 606. The van der Waals surface area contributed by atoms with Gasteiger partial charge < -0.3 is 9.47 Å². The Morgan fingerprint density at radius 1 is 0.667 bits per heavy atom. The zero-order valence-corrected chi connectivity index (χ0v) is 19.1. The quantitative estimate of drug-likeness (QED) is 0.422. The van der Waals surface area contributed by atoms with Gasteiger partial charge >= 0.3 is 6.36 Å². The number of hydrogen-bond donors (Lipinski definition) is 0. The lowest BCUT2D eigenvalue weighted by Gasteiger charge is -2.44. The third kappa shape index (κ3) is 6.37. The van der Waals surface area contributed by atoms with Crippen LogP contribution in [0.1, 0.15) is 64.7 Å². The Labute approximate surface area is 191 Å². The summed E-state index contributed by atoms with van der Waals surface area (Å²) in [5, 5.41) is 0. The van der Waals surface area contributed by atoms with Crippen LogP contribution in [0.15, 0.2) is 0 Å². The highest BCUT2D eigenvalue weighted by atomic mass is 19.4. The molecule has 3 nitrogen and oxygen atoms in total. The minimum atomic E-state index is -5.08. The molecule has 0 N–H and O–H groups in total. The molecule has 0 spiro atoms. The van der Waals surface area contributed by atoms with E-state index in [1.807, 2.05) is 0 Å². The molecular formula is C24H36F6O3. The third-order valence-corrected chi connectivity index (χ3v) is 8.47. The number of halogens is 6. The van der Waals surface area contributed by atoms with Gasteiger partial charge in [0.2, 0.25) is 0 Å². The van der Waals surface area contributed by atoms with Crippen LogP contribution in [0.5, 0.6) is 0 Å². The second kappa shape index (κ2) is 10.6. The third-order valence-electron chi connectivity index (χ3n) is 8.47. The predicted molar refractivity (Wildman–Crippen MR) is 109 cm³/mol. The van der Waals surface area contributed by atoms with E-state index in [1.165, 1.54) is 0 Å². The van der Waals surface area contributed by atoms with E-state index in [0.717, 1.165) is 45.3 Å². The first-order valence-electron chi connectivity index (χ1n) is 12.5. The molecule has 3 aliphatic carbocycles. The summed E-state index contributed by atoms with van der Waals surface area (Å²) in [6, 6.07) is 0. The van der Waals surface area contributed by atoms with Crippen molar-refractivity contribution in [3.8, 4) is 0 Å². The fraction of sp³-hybridized carbons (Fsp3) is 1.00. The first-order chi connectivity index (χ1) is 15.6. The molecule has 4 aliphatic rings. The molecule has 0 bridgehead atoms. The van der Waals surface area contributed by atoms with Crippen LogP contribution in [-0.4, -0.2) is 50.5 Å². The molecule has 0 amide bonds. The van der Waals surface area contributed by atoms with Gasteiger partial charge in [0, 0.05) is 11.8 Å². The zero-order chi connectivity index (χ0) is 23.8. The van der Waals surface area contributed by atoms with Gasteiger partial charge in [0.15, 0.2) is 6.29 Å². The van der Waals surface area contributed by atoms with Gasteiger partial charge in [-0.15, -0.1) is 13.2 Å². The van der Waals surface area contributed by atoms with Gasteiger partial charge in [-0.2, -0.15) is 0 Å². The van der Waals surface area contributed by atoms with E-state index in [4.69, 9.17) is 9.47 Å². The normalized spacial score (nSPS) is 47.9. The summed E-state index contributed by atoms with van der Waals surface area (Å²) in [6.45, 7) is 3.55. The molecule has 33 heavy (non-hydrogen) atoms. The van der Waals surface area contributed by atoms with Crippen molar-refractivity contribution >= 4 is 0 Å². The summed E-state index contributed by atoms with van der Waals surface area (Å²) in [5.41, 5.74) is 0. The highest BCUT2D eigenvalue weighted by molar-refractivity contribution is 4.95. The van der Waals surface area contributed by atoms with E-state index < -0.39 is 42.8 Å². The average Bonchev–Trinajstić information content (AvgIpc) is 2.76. The standard InChI is InChI=1S/C24H36F6O3/c1-13-11-31-23(32-12-13)15-4-2-14(3-5-15)16-6-7-18(19(25)8-16)17-9-20(26)22(21(27)10-17)33-24(28,29)30/h13-23H,2-12H2,1H3. The van der Waals surface area contributed by atoms with Gasteiger partial charge in [-0.05, 0) is 81.5 Å². The maximum absolute atomic E-state index is 15.2. The summed E-state index contributed by atoms with van der Waals surface area (Å²) in [6.07, 6.45) is -7.52. The highest BCUT2D eigenvalue weighted by Gasteiger charge is 2.49. The van der Waals surface area contributed by atoms with Crippen molar-refractivity contribution in [2.75, 3.05) is 13.2 Å². The molecule has 4 rings (SSSR count). The minimum Gasteiger partial charge on any atom is -0.352 e. The van der Waals surface area contributed by atoms with Gasteiger partial charge in [0.25, 0.3) is 0 Å². The van der Waals surface area contributed by atoms with Crippen molar-refractivity contribution in [3.05, 3.63) is 0 Å². The number of rotatable bonds is 4. The van der Waals surface area contributed by atoms with Gasteiger partial charge in [-0.1, -0.05) is 6.92 Å². The second-order valence-electron chi connectivity index (χ2n) is 10.9. The molecular weight excluding hydrogens is 450 g/mol. The maximum Gasteiger partial charge on any atom is 0.522 e. The first-order valence-corrected chi connectivity index (χ1v) is 12.5. The molecule has 1 heterocycles. The summed E-state index contributed by atoms with van der Waals surface area (Å²) in [5.74, 6) is 0.397. The summed E-state index contributed by atoms with van der Waals surface area (Å²) < 4.78 is 96.5. The van der Waals surface area contributed by atoms with E-state index in [-0.39, 0.29) is 25.0 Å². The van der Waals surface area contributed by atoms with Crippen molar-refractivity contribution in [2.24, 2.45) is 35.5 Å². The number of hydrogen-bond acceptors (Lipinski definition) is 3. The van der Waals surface area contributed by atoms with E-state index in [1.54, 1.807) is 0 Å². The lowest BCUT2D eigenvalue weighted by atomic mass is 9.64. The first kappa shape index (κ1) is 25.5. The van der Waals surface area contributed by atoms with E-state index >= 15 is 4.39 Å². The molecule has 5 unspecified atom stereocenters. The maximum atomic E-state index is 15.2. The van der Waals surface area contributed by atoms with Crippen LogP contribution >= 0.6 is 0 Å². The second-order valence-corrected chi connectivity index (χ2v) is 10.9. The molecule has 3 saturated carbocycles. The largest absolute Gasteiger partial charge is 0.522 e. The molecule has 0 aromatic rings. The number of alkyl halides is 6. The van der Waals surface area contributed by atoms with Crippen LogP contribution < -0.4 is 0 Å². The fourth-order valence-corrected chi connectivity index (χ4v) is 6.72. The Morgan fingerprint density at radius 3 is 1.73 bits per heavy atom. The minimum absolute atomic E-state index is 0.134. The lowest BCUT2D eigenvalue weighted by Crippen LogP contribution is -2.48. The van der Waals surface area contributed by atoms with Crippen molar-refractivity contribution in [1.82, 2.24) is 0 Å². The number of ether oxygens (including phenoxy) is 3. The van der Waals surface area contributed by atoms with Gasteiger partial charge in [-0.3, -0.25) is 4.74 Å². The molecule has 1 aliphatic heterocycles. The summed E-state index contributed by atoms with van der Waals surface area (Å²) >= 11 is 0. The molecule has 9 heteroatoms. The predicted octanol–water partition coefficient (Wildman–Crippen LogP) is 6.55. The molecule has 192 valence electrons. The summed E-state index contributed by atoms with van der Waals surface area (Å²) in [4.78, 5) is 0. The smallest absolute Gasteiger partial charge is 0.352 e. The molecule has 0 aromatic carbocycles. The van der Waals surface area contributed by atoms with Gasteiger partial charge in [0.1, 0.15) is 24.6 Å². The molecule has 0 radical (unpaired) electrons. The summed E-state index contributed by atoms with van der Waals surface area (Å²) in [7, 11) is 0. The topological polar surface area (TPSA) is 27.7 Å². The molecule has 0 aromatic heterocycles. The van der Waals surface area contributed by atoms with Crippen molar-refractivity contribution in [1.29, 1.82) is 0 Å². The van der Waals surface area contributed by atoms with Gasteiger partial charge in [-0.25, -0.2) is 13.2 Å². The van der Waals surface area contributed by atoms with Crippen molar-refractivity contribution < 1.29 is 40.6 Å². The highest BCUT2D eigenvalue weighted by Crippen LogP contribution is 2.48. The SMILES string of the molecule is CC1COC(C2CCC(C3CCC(C4CC(F)C(OC(F)(F)F)C(F)C4)C(F)C3)CC2)OC1. The van der Waals surface area contributed by atoms with E-state index in [2.05, 4.69) is 11.7 Å². The average molecular weight is 487 g/mol. The molecule has 1 saturated heterocycles. The van der Waals surface area contributed by atoms with Crippen LogP contribution in [0.4, 0.5) is 26.3 Å².